The van der Waals surface area contributed by atoms with Gasteiger partial charge < -0.3 is 0 Å². The molecule has 0 atom stereocenters. The van der Waals surface area contributed by atoms with E-state index in [0.29, 0.717) is 11.1 Å². The summed E-state index contributed by atoms with van der Waals surface area (Å²) >= 11 is 0. The Morgan fingerprint density at radius 2 is 0.661 bits per heavy atom. The van der Waals surface area contributed by atoms with Crippen molar-refractivity contribution in [3.8, 4) is 56.7 Å². The van der Waals surface area contributed by atoms with E-state index in [1.165, 1.54) is 0 Å². The molecule has 3 heterocycles. The summed E-state index contributed by atoms with van der Waals surface area (Å²) in [5, 5.41) is -1.04. The smallest absolute Gasteiger partial charge is 0.240 e. The monoisotopic (exact) mass is 731 g/mol. The molecule has 0 radical (unpaired) electrons. The average molecular weight is 732 g/mol. The molecule has 0 fully saturated rings. The quantitative estimate of drug-likeness (QED) is 0.171. The molecule has 0 saturated heterocycles. The summed E-state index contributed by atoms with van der Waals surface area (Å²) in [6, 6.07) is 22.7. The number of hydrogen-bond acceptors (Lipinski definition) is 3. The minimum atomic E-state index is -0.696. The fourth-order valence-corrected chi connectivity index (χ4v) is 7.10. The van der Waals surface area contributed by atoms with Gasteiger partial charge in [-0.05, 0) is 63.6 Å². The van der Waals surface area contributed by atoms with Crippen LogP contribution in [0.4, 0.5) is 0 Å². The first-order valence-corrected chi connectivity index (χ1v) is 17.6. The second-order valence-electron chi connectivity index (χ2n) is 12.9. The zero-order chi connectivity index (χ0) is 50.9. The summed E-state index contributed by atoms with van der Waals surface area (Å²) in [6.45, 7) is 0. The van der Waals surface area contributed by atoms with Gasteiger partial charge in [-0.2, -0.15) is 15.0 Å². The summed E-state index contributed by atoms with van der Waals surface area (Å²) in [5.74, 6) is -1.06. The predicted octanol–water partition coefficient (Wildman–Crippen LogP) is 12.7. The molecule has 0 N–H and O–H groups in total. The number of hydrogen-bond donors (Lipinski definition) is 0. The topological polar surface area (TPSA) is 48.5 Å². The van der Waals surface area contributed by atoms with Gasteiger partial charge in [0.05, 0.1) is 44.0 Å². The van der Waals surface area contributed by atoms with Crippen molar-refractivity contribution in [1.82, 2.24) is 24.1 Å². The number of fused-ring (bicyclic) bond motifs is 6. The lowest BCUT2D eigenvalue weighted by Crippen LogP contribution is -2.10. The van der Waals surface area contributed by atoms with Gasteiger partial charge in [0.1, 0.15) is 0 Å². The number of benzene rings is 8. The van der Waals surface area contributed by atoms with E-state index in [-0.39, 0.29) is 49.4 Å². The van der Waals surface area contributed by atoms with Crippen LogP contribution in [0.5, 0.6) is 0 Å². The van der Waals surface area contributed by atoms with Crippen molar-refractivity contribution in [3.63, 3.8) is 0 Å². The summed E-state index contributed by atoms with van der Waals surface area (Å²) < 4.78 is 144. The van der Waals surface area contributed by atoms with E-state index in [1.807, 2.05) is 60.7 Å². The maximum absolute atomic E-state index is 9.18. The molecule has 0 spiro atoms. The van der Waals surface area contributed by atoms with Crippen molar-refractivity contribution < 1.29 is 21.9 Å². The van der Waals surface area contributed by atoms with E-state index in [1.54, 1.807) is 18.2 Å². The molecule has 262 valence electrons. The van der Waals surface area contributed by atoms with Crippen LogP contribution in [0.15, 0.2) is 200 Å². The maximum atomic E-state index is 9.18. The molecule has 8 aromatic carbocycles. The Labute approximate surface area is 345 Å². The van der Waals surface area contributed by atoms with Crippen LogP contribution in [-0.4, -0.2) is 24.1 Å². The van der Waals surface area contributed by atoms with Crippen LogP contribution in [0.3, 0.4) is 0 Å². The molecule has 0 amide bonds. The molecular weight excluding hydrogens is 683 g/mol. The Morgan fingerprint density at radius 3 is 1.09 bits per heavy atom. The maximum Gasteiger partial charge on any atom is 0.240 e. The lowest BCUT2D eigenvalue weighted by atomic mass is 9.97. The van der Waals surface area contributed by atoms with Crippen molar-refractivity contribution in [3.05, 3.63) is 200 Å². The lowest BCUT2D eigenvalue weighted by molar-refractivity contribution is 0.893. The van der Waals surface area contributed by atoms with Gasteiger partial charge in [0.15, 0.2) is 5.82 Å². The minimum Gasteiger partial charge on any atom is -0.278 e. The van der Waals surface area contributed by atoms with Crippen molar-refractivity contribution >= 4 is 43.6 Å². The molecular formula is C51H33N5. The van der Waals surface area contributed by atoms with Gasteiger partial charge in [0.25, 0.3) is 0 Å². The molecule has 5 nitrogen and oxygen atoms in total. The van der Waals surface area contributed by atoms with Gasteiger partial charge >= 0.3 is 0 Å². The average Bonchev–Trinajstić information content (AvgIpc) is 3.97. The Bertz CT molecular complexity index is 3820. The molecule has 56 heavy (non-hydrogen) atoms. The van der Waals surface area contributed by atoms with E-state index in [0.717, 1.165) is 37.0 Å². The highest BCUT2D eigenvalue weighted by Crippen LogP contribution is 2.35. The SMILES string of the molecule is [2H]c1c([2H])c([2H])c2c(c1[2H])c1c([2H])c([2H])c([2H])c([2H])c1n2-c1nc(-c2cccc(-c3ccc(-c4ccc(-c5ccccc5)cc4)cc3)c2)nc(-n2c3c([2H])c([2H])c([2H])c([2H])c3c3c([2H])c([2H])c([2H])c([2H])c32)n1. The molecule has 11 rings (SSSR count). The molecule has 0 saturated carbocycles. The van der Waals surface area contributed by atoms with Gasteiger partial charge in [0.2, 0.25) is 11.9 Å². The van der Waals surface area contributed by atoms with Crippen LogP contribution in [0.2, 0.25) is 0 Å². The van der Waals surface area contributed by atoms with Crippen LogP contribution in [0.25, 0.3) is 100 Å². The number of nitrogens with zero attached hydrogens (tertiary/aromatic N) is 5. The van der Waals surface area contributed by atoms with Gasteiger partial charge in [-0.15, -0.1) is 0 Å². The first-order chi connectivity index (χ1) is 34.4. The molecule has 3 aromatic heterocycles. The molecule has 11 aromatic rings. The van der Waals surface area contributed by atoms with Crippen molar-refractivity contribution in [2.75, 3.05) is 0 Å². The van der Waals surface area contributed by atoms with E-state index in [9.17, 15) is 5.48 Å². The number of para-hydroxylation sites is 4. The third-order valence-electron chi connectivity index (χ3n) is 9.74. The van der Waals surface area contributed by atoms with E-state index in [4.69, 9.17) is 31.4 Å². The highest BCUT2D eigenvalue weighted by molar-refractivity contribution is 6.10. The molecule has 0 bridgehead atoms. The highest BCUT2D eigenvalue weighted by atomic mass is 15.3. The minimum absolute atomic E-state index is 0.139. The highest BCUT2D eigenvalue weighted by Gasteiger charge is 2.20. The van der Waals surface area contributed by atoms with Crippen molar-refractivity contribution in [2.45, 2.75) is 0 Å². The Balaban J connectivity index is 1.20. The largest absolute Gasteiger partial charge is 0.278 e. The fourth-order valence-electron chi connectivity index (χ4n) is 7.10. The predicted molar refractivity (Wildman–Crippen MR) is 230 cm³/mol. The van der Waals surface area contributed by atoms with E-state index < -0.39 is 109 Å². The first-order valence-electron chi connectivity index (χ1n) is 25.6. The Kier molecular flexibility index (Phi) is 4.57. The molecule has 0 aliphatic heterocycles. The lowest BCUT2D eigenvalue weighted by Gasteiger charge is -2.13. The molecule has 0 unspecified atom stereocenters. The van der Waals surface area contributed by atoms with Gasteiger partial charge in [-0.25, -0.2) is 0 Å². The second-order valence-corrected chi connectivity index (χ2v) is 12.9. The van der Waals surface area contributed by atoms with E-state index >= 15 is 0 Å². The first kappa shape index (κ1) is 19.6. The second kappa shape index (κ2) is 13.0. The van der Waals surface area contributed by atoms with Crippen LogP contribution in [0.1, 0.15) is 21.9 Å². The number of aromatic nitrogens is 5. The van der Waals surface area contributed by atoms with Crippen LogP contribution in [0, 0.1) is 0 Å². The zero-order valence-electron chi connectivity index (χ0n) is 45.1. The van der Waals surface area contributed by atoms with Crippen molar-refractivity contribution in [1.29, 1.82) is 0 Å². The molecule has 5 heteroatoms. The number of rotatable bonds is 6. The summed E-state index contributed by atoms with van der Waals surface area (Å²) in [7, 11) is 0. The van der Waals surface area contributed by atoms with Crippen LogP contribution >= 0.6 is 0 Å². The third-order valence-corrected chi connectivity index (χ3v) is 9.74. The molecule has 0 aliphatic rings. The molecule has 0 aliphatic carbocycles. The Morgan fingerprint density at radius 1 is 0.321 bits per heavy atom. The zero-order valence-corrected chi connectivity index (χ0v) is 29.1. The van der Waals surface area contributed by atoms with Gasteiger partial charge in [-0.3, -0.25) is 9.13 Å². The van der Waals surface area contributed by atoms with Crippen LogP contribution < -0.4 is 0 Å². The normalized spacial score (nSPS) is 15.6. The summed E-state index contributed by atoms with van der Waals surface area (Å²) in [4.78, 5) is 14.5. The Hall–Kier alpha value is -7.63. The van der Waals surface area contributed by atoms with Crippen molar-refractivity contribution in [2.24, 2.45) is 0 Å². The summed E-state index contributed by atoms with van der Waals surface area (Å²) in [5.41, 5.74) is 4.68. The summed E-state index contributed by atoms with van der Waals surface area (Å²) in [6.07, 6.45) is 0. The van der Waals surface area contributed by atoms with Gasteiger partial charge in [0, 0.05) is 27.1 Å². The van der Waals surface area contributed by atoms with Gasteiger partial charge in [-0.1, -0.05) is 170 Å². The third kappa shape index (κ3) is 5.29. The standard InChI is InChI=1S/C51H33N5/c1-2-13-34(14-3-1)35-25-27-36(28-26-35)37-29-31-38(32-30-37)39-15-12-16-40(33-39)49-52-50(55-45-21-8-4-17-41(45)42-18-5-9-22-46(42)55)54-51(53-49)56-47-23-10-6-19-43(47)44-20-7-11-24-48(44)56/h1-33H/i4D,5D,6D,7D,8D,9D,10D,11D,17D,18D,19D,20D,21D,22D,23D,24D. The van der Waals surface area contributed by atoms with Crippen LogP contribution in [-0.2, 0) is 0 Å². The fraction of sp³-hybridized carbons (Fsp3) is 0. The van der Waals surface area contributed by atoms with E-state index in [2.05, 4.69) is 24.3 Å².